The summed E-state index contributed by atoms with van der Waals surface area (Å²) < 4.78 is 35.9. The molecule has 1 saturated carbocycles. The van der Waals surface area contributed by atoms with Gasteiger partial charge in [0, 0.05) is 32.0 Å². The average molecular weight is 484 g/mol. The van der Waals surface area contributed by atoms with Gasteiger partial charge in [0.2, 0.25) is 0 Å². The molecule has 34 heavy (non-hydrogen) atoms. The lowest BCUT2D eigenvalue weighted by atomic mass is 9.91. The third kappa shape index (κ3) is 4.40. The van der Waals surface area contributed by atoms with Crippen LogP contribution in [-0.4, -0.2) is 68.5 Å². The van der Waals surface area contributed by atoms with Crippen LogP contribution in [0.5, 0.6) is 0 Å². The van der Waals surface area contributed by atoms with E-state index in [2.05, 4.69) is 35.1 Å². The summed E-state index contributed by atoms with van der Waals surface area (Å²) in [4.78, 5) is 15.3. The molecular weight excluding hydrogens is 450 g/mol. The number of nitrogens with zero attached hydrogens (tertiary/aromatic N) is 2. The van der Waals surface area contributed by atoms with Crippen molar-refractivity contribution in [2.75, 3.05) is 26.7 Å². The number of carbonyl (C=O) groups is 1. The maximum atomic E-state index is 13.3. The highest BCUT2D eigenvalue weighted by Gasteiger charge is 2.62. The van der Waals surface area contributed by atoms with E-state index in [1.54, 1.807) is 7.05 Å². The number of hydrogen-bond donors (Lipinski definition) is 1. The van der Waals surface area contributed by atoms with Crippen LogP contribution in [0.2, 0.25) is 0 Å². The Morgan fingerprint density at radius 3 is 2.47 bits per heavy atom. The normalized spacial score (nSPS) is 25.5. The minimum Gasteiger partial charge on any atom is -0.368 e. The number of likely N-dealkylation sites (tertiary alicyclic amines) is 1. The first kappa shape index (κ1) is 23.5. The summed E-state index contributed by atoms with van der Waals surface area (Å²) in [6.07, 6.45) is 2.76. The zero-order chi connectivity index (χ0) is 23.9. The average Bonchev–Trinajstić information content (AvgIpc) is 3.53. The fourth-order valence-corrected chi connectivity index (χ4v) is 6.48. The summed E-state index contributed by atoms with van der Waals surface area (Å²) in [6.45, 7) is 3.39. The van der Waals surface area contributed by atoms with Gasteiger partial charge in [-0.15, -0.1) is 0 Å². The van der Waals surface area contributed by atoms with Crippen LogP contribution < -0.4 is 4.72 Å². The molecule has 2 aliphatic heterocycles. The molecule has 0 unspecified atom stereocenters. The summed E-state index contributed by atoms with van der Waals surface area (Å²) in [7, 11) is -2.06. The van der Waals surface area contributed by atoms with Gasteiger partial charge in [-0.25, -0.2) is 0 Å². The molecule has 2 heterocycles. The Labute approximate surface area is 202 Å². The summed E-state index contributed by atoms with van der Waals surface area (Å²) in [5.41, 5.74) is 3.14. The molecule has 0 aromatic heterocycles. The molecule has 2 saturated heterocycles. The monoisotopic (exact) mass is 483 g/mol. The van der Waals surface area contributed by atoms with Crippen LogP contribution in [0.25, 0.3) is 11.1 Å². The first-order chi connectivity index (χ1) is 16.3. The van der Waals surface area contributed by atoms with E-state index in [1.165, 1.54) is 4.31 Å². The molecule has 8 heteroatoms. The van der Waals surface area contributed by atoms with Gasteiger partial charge >= 0.3 is 0 Å². The molecule has 1 amide bonds. The van der Waals surface area contributed by atoms with E-state index >= 15 is 0 Å². The third-order valence-electron chi connectivity index (χ3n) is 7.69. The van der Waals surface area contributed by atoms with E-state index in [-0.39, 0.29) is 23.4 Å². The molecule has 5 rings (SSSR count). The topological polar surface area (TPSA) is 79.0 Å². The van der Waals surface area contributed by atoms with Crippen LogP contribution in [0.1, 0.15) is 31.7 Å². The van der Waals surface area contributed by atoms with E-state index in [0.29, 0.717) is 26.1 Å². The number of carbonyl (C=O) groups excluding carboxylic acids is 1. The number of nitrogens with one attached hydrogen (secondary N) is 1. The fourth-order valence-electron chi connectivity index (χ4n) is 5.23. The van der Waals surface area contributed by atoms with Crippen molar-refractivity contribution in [3.05, 3.63) is 60.2 Å². The van der Waals surface area contributed by atoms with Gasteiger partial charge in [0.15, 0.2) is 0 Å². The molecule has 1 N–H and O–H groups in total. The summed E-state index contributed by atoms with van der Waals surface area (Å²) in [6, 6.07) is 17.9. The van der Waals surface area contributed by atoms with Crippen molar-refractivity contribution in [2.45, 2.75) is 50.8 Å². The molecule has 3 atom stereocenters. The number of amides is 1. The summed E-state index contributed by atoms with van der Waals surface area (Å²) in [5, 5.41) is 0. The van der Waals surface area contributed by atoms with E-state index in [0.717, 1.165) is 36.0 Å². The van der Waals surface area contributed by atoms with Crippen molar-refractivity contribution < 1.29 is 17.9 Å². The molecule has 182 valence electrons. The second kappa shape index (κ2) is 9.07. The minimum absolute atomic E-state index is 0.00715. The first-order valence-electron chi connectivity index (χ1n) is 12.1. The van der Waals surface area contributed by atoms with Crippen LogP contribution in [0.15, 0.2) is 54.6 Å². The lowest BCUT2D eigenvalue weighted by Crippen LogP contribution is -2.54. The molecule has 7 nitrogen and oxygen atoms in total. The van der Waals surface area contributed by atoms with Gasteiger partial charge in [0.05, 0.1) is 18.7 Å². The predicted octanol–water partition coefficient (Wildman–Crippen LogP) is 2.83. The maximum absolute atomic E-state index is 13.3. The Hall–Kier alpha value is -2.26. The highest BCUT2D eigenvalue weighted by atomic mass is 32.2. The summed E-state index contributed by atoms with van der Waals surface area (Å²) in [5.74, 6) is -0.00715. The minimum atomic E-state index is -3.65. The standard InChI is InChI=1S/C26H33N3O4S/c1-3-28(2)34(31,32)27-24-22(29(18-26(24)13-14-26)25(30)23-12-15-33-23)17-19-8-7-11-21(16-19)20-9-5-4-6-10-20/h4-11,16,22-24,27H,3,12-15,17-18H2,1-2H3/t22-,23+,24+/m0/s1. The second-order valence-corrected chi connectivity index (χ2v) is 11.6. The van der Waals surface area contributed by atoms with Gasteiger partial charge in [-0.3, -0.25) is 4.79 Å². The SMILES string of the molecule is CCN(C)S(=O)(=O)N[C@@H]1[C@H](Cc2cccc(-c3ccccc3)c2)N(C(=O)[C@H]2CCO2)CC12CC2. The number of benzene rings is 2. The molecule has 0 bridgehead atoms. The van der Waals surface area contributed by atoms with Crippen molar-refractivity contribution in [3.8, 4) is 11.1 Å². The first-order valence-corrected chi connectivity index (χ1v) is 13.6. The Morgan fingerprint density at radius 1 is 1.15 bits per heavy atom. The van der Waals surface area contributed by atoms with Crippen molar-refractivity contribution in [2.24, 2.45) is 5.41 Å². The third-order valence-corrected chi connectivity index (χ3v) is 9.32. The number of hydrogen-bond acceptors (Lipinski definition) is 4. The molecular formula is C26H33N3O4S. The lowest BCUT2D eigenvalue weighted by molar-refractivity contribution is -0.157. The van der Waals surface area contributed by atoms with E-state index in [4.69, 9.17) is 4.74 Å². The van der Waals surface area contributed by atoms with Crippen LogP contribution in [0.4, 0.5) is 0 Å². The Kier molecular flexibility index (Phi) is 6.27. The molecule has 1 spiro atoms. The van der Waals surface area contributed by atoms with Crippen LogP contribution >= 0.6 is 0 Å². The van der Waals surface area contributed by atoms with E-state index in [9.17, 15) is 13.2 Å². The Balaban J connectivity index is 1.47. The molecule has 0 radical (unpaired) electrons. The van der Waals surface area contributed by atoms with Crippen molar-refractivity contribution in [1.82, 2.24) is 13.9 Å². The van der Waals surface area contributed by atoms with E-state index in [1.807, 2.05) is 36.1 Å². The van der Waals surface area contributed by atoms with Crippen LogP contribution in [0, 0.1) is 5.41 Å². The molecule has 1 aliphatic carbocycles. The number of ether oxygens (including phenoxy) is 1. The summed E-state index contributed by atoms with van der Waals surface area (Å²) >= 11 is 0. The van der Waals surface area contributed by atoms with Crippen molar-refractivity contribution in [3.63, 3.8) is 0 Å². The highest BCUT2D eigenvalue weighted by molar-refractivity contribution is 7.87. The van der Waals surface area contributed by atoms with Crippen LogP contribution in [0.3, 0.4) is 0 Å². The highest BCUT2D eigenvalue weighted by Crippen LogP contribution is 2.56. The molecule has 3 aliphatic rings. The Bertz CT molecular complexity index is 1150. The van der Waals surface area contributed by atoms with Crippen molar-refractivity contribution >= 4 is 16.1 Å². The van der Waals surface area contributed by atoms with Gasteiger partial charge < -0.3 is 9.64 Å². The largest absolute Gasteiger partial charge is 0.368 e. The lowest BCUT2D eigenvalue weighted by Gasteiger charge is -2.34. The Morgan fingerprint density at radius 2 is 1.85 bits per heavy atom. The second-order valence-electron chi connectivity index (χ2n) is 9.83. The van der Waals surface area contributed by atoms with Crippen LogP contribution in [-0.2, 0) is 26.2 Å². The maximum Gasteiger partial charge on any atom is 0.279 e. The van der Waals surface area contributed by atoms with E-state index < -0.39 is 16.3 Å². The van der Waals surface area contributed by atoms with Gasteiger partial charge in [0.25, 0.3) is 16.1 Å². The zero-order valence-electron chi connectivity index (χ0n) is 19.8. The fraction of sp³-hybridized carbons (Fsp3) is 0.500. The van der Waals surface area contributed by atoms with Gasteiger partial charge in [0.1, 0.15) is 6.10 Å². The zero-order valence-corrected chi connectivity index (χ0v) is 20.6. The van der Waals surface area contributed by atoms with Crippen molar-refractivity contribution in [1.29, 1.82) is 0 Å². The predicted molar refractivity (Wildman–Crippen MR) is 131 cm³/mol. The molecule has 2 aromatic rings. The van der Waals surface area contributed by atoms with Gasteiger partial charge in [-0.1, -0.05) is 61.5 Å². The smallest absolute Gasteiger partial charge is 0.279 e. The number of rotatable bonds is 8. The van der Waals surface area contributed by atoms with Gasteiger partial charge in [-0.05, 0) is 36.0 Å². The van der Waals surface area contributed by atoms with Gasteiger partial charge in [-0.2, -0.15) is 17.4 Å². The molecule has 3 fully saturated rings. The molecule has 2 aromatic carbocycles. The quantitative estimate of drug-likeness (QED) is 0.626.